The van der Waals surface area contributed by atoms with Crippen LogP contribution in [0.4, 0.5) is 0 Å². The van der Waals surface area contributed by atoms with Crippen LogP contribution in [0.3, 0.4) is 0 Å². The SMILES string of the molecule is C[C@@H](N)CN1CCc2cc3c(cc2C1=O)nc(-c1cc2ccccc2n1Cc1ccncc1)n3C. The van der Waals surface area contributed by atoms with E-state index in [1.807, 2.05) is 42.4 Å². The lowest BCUT2D eigenvalue weighted by molar-refractivity contribution is 0.0732. The molecule has 0 aliphatic carbocycles. The Hall–Kier alpha value is -3.97. The highest BCUT2D eigenvalue weighted by molar-refractivity contribution is 6.00. The number of pyridine rings is 1. The number of para-hydroxylation sites is 1. The summed E-state index contributed by atoms with van der Waals surface area (Å²) in [7, 11) is 2.05. The molecule has 1 aliphatic rings. The van der Waals surface area contributed by atoms with Crippen LogP contribution >= 0.6 is 0 Å². The maximum absolute atomic E-state index is 13.2. The number of carbonyl (C=O) groups is 1. The van der Waals surface area contributed by atoms with Crippen LogP contribution in [0.5, 0.6) is 0 Å². The van der Waals surface area contributed by atoms with Crippen molar-refractivity contribution in [2.24, 2.45) is 12.8 Å². The van der Waals surface area contributed by atoms with Crippen molar-refractivity contribution >= 4 is 27.8 Å². The van der Waals surface area contributed by atoms with Crippen molar-refractivity contribution in [1.29, 1.82) is 0 Å². The lowest BCUT2D eigenvalue weighted by Crippen LogP contribution is -2.43. The smallest absolute Gasteiger partial charge is 0.254 e. The molecule has 0 fully saturated rings. The van der Waals surface area contributed by atoms with Gasteiger partial charge in [0.1, 0.15) is 0 Å². The minimum atomic E-state index is -0.0481. The first-order valence-corrected chi connectivity index (χ1v) is 12.0. The predicted molar refractivity (Wildman–Crippen MR) is 138 cm³/mol. The Bertz CT molecular complexity index is 1560. The molecular weight excluding hydrogens is 436 g/mol. The van der Waals surface area contributed by atoms with E-state index >= 15 is 0 Å². The largest absolute Gasteiger partial charge is 0.337 e. The molecule has 7 heteroatoms. The van der Waals surface area contributed by atoms with Gasteiger partial charge in [-0.25, -0.2) is 4.98 Å². The van der Waals surface area contributed by atoms with Gasteiger partial charge in [0, 0.05) is 61.6 Å². The fraction of sp³-hybridized carbons (Fsp3) is 0.250. The van der Waals surface area contributed by atoms with E-state index in [4.69, 9.17) is 10.7 Å². The van der Waals surface area contributed by atoms with E-state index in [-0.39, 0.29) is 11.9 Å². The van der Waals surface area contributed by atoms with Crippen LogP contribution in [-0.4, -0.2) is 49.0 Å². The summed E-state index contributed by atoms with van der Waals surface area (Å²) in [4.78, 5) is 24.2. The lowest BCUT2D eigenvalue weighted by atomic mass is 9.97. The van der Waals surface area contributed by atoms with Gasteiger partial charge < -0.3 is 19.8 Å². The van der Waals surface area contributed by atoms with Gasteiger partial charge in [0.05, 0.1) is 16.7 Å². The van der Waals surface area contributed by atoms with Crippen LogP contribution in [0.2, 0.25) is 0 Å². The van der Waals surface area contributed by atoms with Crippen molar-refractivity contribution in [3.8, 4) is 11.5 Å². The highest BCUT2D eigenvalue weighted by atomic mass is 16.2. The molecule has 35 heavy (non-hydrogen) atoms. The molecule has 1 atom stereocenters. The number of benzene rings is 2. The number of nitrogens with zero attached hydrogens (tertiary/aromatic N) is 5. The molecule has 1 aliphatic heterocycles. The summed E-state index contributed by atoms with van der Waals surface area (Å²) in [5, 5.41) is 1.17. The second kappa shape index (κ2) is 8.36. The maximum Gasteiger partial charge on any atom is 0.254 e. The van der Waals surface area contributed by atoms with Crippen molar-refractivity contribution < 1.29 is 4.79 Å². The molecule has 0 saturated heterocycles. The zero-order valence-electron chi connectivity index (χ0n) is 20.0. The standard InChI is InChI=1S/C28H28N6O/c1-18(29)16-33-12-9-20-13-25-23(15-22(20)28(33)35)31-27(32(25)2)26-14-21-5-3-4-6-24(21)34(26)17-19-7-10-30-11-8-19/h3-8,10-11,13-15,18H,9,12,16-17,29H2,1-2H3/t18-/m1/s1. The molecule has 0 bridgehead atoms. The second-order valence-corrected chi connectivity index (χ2v) is 9.50. The Labute approximate surface area is 203 Å². The molecule has 0 radical (unpaired) electrons. The van der Waals surface area contributed by atoms with Crippen LogP contribution in [0.15, 0.2) is 67.0 Å². The zero-order valence-corrected chi connectivity index (χ0v) is 20.0. The summed E-state index contributed by atoms with van der Waals surface area (Å²) >= 11 is 0. The third-order valence-corrected chi connectivity index (χ3v) is 6.91. The van der Waals surface area contributed by atoms with E-state index in [0.717, 1.165) is 52.2 Å². The number of imidazole rings is 1. The van der Waals surface area contributed by atoms with Gasteiger partial charge in [-0.2, -0.15) is 0 Å². The summed E-state index contributed by atoms with van der Waals surface area (Å²) in [6.45, 7) is 3.92. The topological polar surface area (TPSA) is 82.0 Å². The first-order valence-electron chi connectivity index (χ1n) is 12.0. The molecular formula is C28H28N6O. The fourth-order valence-electron chi connectivity index (χ4n) is 5.20. The van der Waals surface area contributed by atoms with E-state index in [0.29, 0.717) is 13.1 Å². The average Bonchev–Trinajstić information content (AvgIpc) is 3.38. The molecule has 0 spiro atoms. The van der Waals surface area contributed by atoms with Gasteiger partial charge in [-0.15, -0.1) is 0 Å². The minimum Gasteiger partial charge on any atom is -0.337 e. The summed E-state index contributed by atoms with van der Waals surface area (Å²) < 4.78 is 4.45. The van der Waals surface area contributed by atoms with Crippen LogP contribution in [0, 0.1) is 0 Å². The third kappa shape index (κ3) is 3.68. The molecule has 4 heterocycles. The number of rotatable bonds is 5. The molecule has 0 unspecified atom stereocenters. The zero-order chi connectivity index (χ0) is 24.1. The highest BCUT2D eigenvalue weighted by Gasteiger charge is 2.27. The van der Waals surface area contributed by atoms with E-state index < -0.39 is 0 Å². The fourth-order valence-corrected chi connectivity index (χ4v) is 5.20. The van der Waals surface area contributed by atoms with Gasteiger partial charge in [-0.1, -0.05) is 18.2 Å². The van der Waals surface area contributed by atoms with E-state index in [2.05, 4.69) is 57.6 Å². The molecule has 7 nitrogen and oxygen atoms in total. The molecule has 0 saturated carbocycles. The number of nitrogens with two attached hydrogens (primary N) is 1. The Balaban J connectivity index is 1.49. The number of hydrogen-bond acceptors (Lipinski definition) is 4. The van der Waals surface area contributed by atoms with Crippen LogP contribution in [-0.2, 0) is 20.0 Å². The number of aryl methyl sites for hydroxylation is 1. The van der Waals surface area contributed by atoms with Crippen molar-refractivity contribution in [3.63, 3.8) is 0 Å². The van der Waals surface area contributed by atoms with Gasteiger partial charge in [0.25, 0.3) is 5.91 Å². The molecule has 1 amide bonds. The predicted octanol–water partition coefficient (Wildman–Crippen LogP) is 3.98. The maximum atomic E-state index is 13.2. The van der Waals surface area contributed by atoms with Crippen molar-refractivity contribution in [2.45, 2.75) is 25.9 Å². The minimum absolute atomic E-state index is 0.0458. The first kappa shape index (κ1) is 21.6. The molecule has 3 aromatic heterocycles. The number of amides is 1. The summed E-state index contributed by atoms with van der Waals surface area (Å²) in [6.07, 6.45) is 4.48. The Kier molecular flexibility index (Phi) is 5.15. The van der Waals surface area contributed by atoms with E-state index in [1.54, 1.807) is 0 Å². The van der Waals surface area contributed by atoms with Crippen LogP contribution < -0.4 is 5.73 Å². The van der Waals surface area contributed by atoms with Gasteiger partial charge >= 0.3 is 0 Å². The highest BCUT2D eigenvalue weighted by Crippen LogP contribution is 2.32. The quantitative estimate of drug-likeness (QED) is 0.427. The third-order valence-electron chi connectivity index (χ3n) is 6.91. The van der Waals surface area contributed by atoms with Gasteiger partial charge in [-0.05, 0) is 60.9 Å². The monoisotopic (exact) mass is 464 g/mol. The number of carbonyl (C=O) groups excluding carboxylic acids is 1. The number of aromatic nitrogens is 4. The molecule has 6 rings (SSSR count). The molecule has 2 aromatic carbocycles. The molecule has 2 N–H and O–H groups in total. The summed E-state index contributed by atoms with van der Waals surface area (Å²) in [5.41, 5.74) is 13.0. The van der Waals surface area contributed by atoms with Gasteiger partial charge in [-0.3, -0.25) is 9.78 Å². The lowest BCUT2D eigenvalue weighted by Gasteiger charge is -2.29. The second-order valence-electron chi connectivity index (χ2n) is 9.50. The van der Waals surface area contributed by atoms with Gasteiger partial charge in [0.2, 0.25) is 0 Å². The van der Waals surface area contributed by atoms with Crippen LogP contribution in [0.25, 0.3) is 33.5 Å². The van der Waals surface area contributed by atoms with E-state index in [9.17, 15) is 4.79 Å². The summed E-state index contributed by atoms with van der Waals surface area (Å²) in [6, 6.07) is 18.7. The average molecular weight is 465 g/mol. The Morgan fingerprint density at radius 3 is 2.66 bits per heavy atom. The number of fused-ring (bicyclic) bond motifs is 3. The molecule has 5 aromatic rings. The summed E-state index contributed by atoms with van der Waals surface area (Å²) in [5.74, 6) is 0.928. The molecule has 176 valence electrons. The first-order chi connectivity index (χ1) is 17.0. The number of hydrogen-bond donors (Lipinski definition) is 1. The Morgan fingerprint density at radius 1 is 1.06 bits per heavy atom. The Morgan fingerprint density at radius 2 is 1.86 bits per heavy atom. The van der Waals surface area contributed by atoms with Crippen molar-refractivity contribution in [1.82, 2.24) is 24.0 Å². The van der Waals surface area contributed by atoms with E-state index in [1.165, 1.54) is 10.9 Å². The van der Waals surface area contributed by atoms with Crippen molar-refractivity contribution in [3.05, 3.63) is 83.7 Å². The normalized spacial score (nSPS) is 14.6. The van der Waals surface area contributed by atoms with Crippen molar-refractivity contribution in [2.75, 3.05) is 13.1 Å². The van der Waals surface area contributed by atoms with Crippen LogP contribution in [0.1, 0.15) is 28.4 Å². The van der Waals surface area contributed by atoms with Gasteiger partial charge in [0.15, 0.2) is 5.82 Å².